The van der Waals surface area contributed by atoms with E-state index in [9.17, 15) is 4.79 Å². The predicted molar refractivity (Wildman–Crippen MR) is 109 cm³/mol. The highest BCUT2D eigenvalue weighted by atomic mass is 16.1. The normalized spacial score (nSPS) is 11.5. The Hall–Kier alpha value is -3.87. The molecule has 3 aromatic heterocycles. The van der Waals surface area contributed by atoms with Gasteiger partial charge in [-0.05, 0) is 30.3 Å². The van der Waals surface area contributed by atoms with E-state index >= 15 is 0 Å². The second-order valence-corrected chi connectivity index (χ2v) is 6.69. The van der Waals surface area contributed by atoms with Crippen molar-refractivity contribution in [3.05, 3.63) is 71.8 Å². The van der Waals surface area contributed by atoms with Gasteiger partial charge < -0.3 is 15.7 Å². The van der Waals surface area contributed by atoms with Crippen LogP contribution in [0, 0.1) is 0 Å². The zero-order chi connectivity index (χ0) is 19.3. The van der Waals surface area contributed by atoms with Crippen LogP contribution >= 0.6 is 0 Å². The third-order valence-electron chi connectivity index (χ3n) is 4.92. The molecule has 0 fully saturated rings. The fraction of sp³-hybridized carbons (Fsp3) is 0.0952. The number of aryl methyl sites for hydroxylation is 1. The van der Waals surface area contributed by atoms with Gasteiger partial charge in [-0.1, -0.05) is 25.1 Å². The van der Waals surface area contributed by atoms with Gasteiger partial charge in [0.2, 0.25) is 5.78 Å². The molecule has 0 amide bonds. The maximum atomic E-state index is 13.0. The highest BCUT2D eigenvalue weighted by molar-refractivity contribution is 6.12. The van der Waals surface area contributed by atoms with E-state index in [0.29, 0.717) is 17.1 Å². The summed E-state index contributed by atoms with van der Waals surface area (Å²) >= 11 is 0. The van der Waals surface area contributed by atoms with E-state index in [0.717, 1.165) is 39.9 Å². The van der Waals surface area contributed by atoms with E-state index in [1.165, 1.54) is 6.20 Å². The summed E-state index contributed by atoms with van der Waals surface area (Å²) in [7, 11) is 0. The predicted octanol–water partition coefficient (Wildman–Crippen LogP) is 3.61. The fourth-order valence-electron chi connectivity index (χ4n) is 3.43. The number of rotatable bonds is 4. The number of H-pyrrole nitrogens is 2. The van der Waals surface area contributed by atoms with Gasteiger partial charge in [0.15, 0.2) is 0 Å². The number of para-hydroxylation sites is 1. The molecule has 0 aliphatic carbocycles. The van der Waals surface area contributed by atoms with Gasteiger partial charge in [-0.25, -0.2) is 9.67 Å². The van der Waals surface area contributed by atoms with E-state index in [-0.39, 0.29) is 5.78 Å². The van der Waals surface area contributed by atoms with Crippen LogP contribution in [0.25, 0.3) is 27.6 Å². The lowest BCUT2D eigenvalue weighted by Gasteiger charge is -2.05. The summed E-state index contributed by atoms with van der Waals surface area (Å²) in [5, 5.41) is 5.32. The second kappa shape index (κ2) is 6.09. The minimum Gasteiger partial charge on any atom is -0.383 e. The number of anilines is 1. The van der Waals surface area contributed by atoms with Crippen molar-refractivity contribution in [1.29, 1.82) is 0 Å². The SMILES string of the molecule is CCc1nc2ccc(-n3ncc(C(=O)c4cc5ccccc5[nH]4)c3N)cc2[nH]1. The molecule has 2 aromatic carbocycles. The van der Waals surface area contributed by atoms with Gasteiger partial charge in [-0.3, -0.25) is 4.79 Å². The van der Waals surface area contributed by atoms with Crippen LogP contribution in [-0.2, 0) is 6.42 Å². The Morgan fingerprint density at radius 2 is 1.96 bits per heavy atom. The minimum atomic E-state index is -0.184. The minimum absolute atomic E-state index is 0.184. The first-order valence-corrected chi connectivity index (χ1v) is 9.09. The van der Waals surface area contributed by atoms with Crippen molar-refractivity contribution >= 4 is 33.5 Å². The first-order valence-electron chi connectivity index (χ1n) is 9.09. The zero-order valence-corrected chi connectivity index (χ0v) is 15.2. The molecular weight excluding hydrogens is 352 g/mol. The molecule has 0 radical (unpaired) electrons. The second-order valence-electron chi connectivity index (χ2n) is 6.69. The summed E-state index contributed by atoms with van der Waals surface area (Å²) in [6, 6.07) is 15.3. The summed E-state index contributed by atoms with van der Waals surface area (Å²) in [5.74, 6) is 1.05. The van der Waals surface area contributed by atoms with E-state index in [4.69, 9.17) is 5.73 Å². The average molecular weight is 370 g/mol. The Bertz CT molecular complexity index is 1310. The number of fused-ring (bicyclic) bond motifs is 2. The molecule has 0 aliphatic heterocycles. The third-order valence-corrected chi connectivity index (χ3v) is 4.92. The molecule has 0 bridgehead atoms. The Morgan fingerprint density at radius 1 is 1.11 bits per heavy atom. The number of benzene rings is 2. The summed E-state index contributed by atoms with van der Waals surface area (Å²) in [6.07, 6.45) is 2.34. The Balaban J connectivity index is 1.54. The number of nitrogens with one attached hydrogen (secondary N) is 2. The Labute approximate surface area is 160 Å². The lowest BCUT2D eigenvalue weighted by atomic mass is 10.1. The summed E-state index contributed by atoms with van der Waals surface area (Å²) in [5.41, 5.74) is 10.6. The molecule has 138 valence electrons. The molecule has 0 saturated carbocycles. The number of imidazole rings is 1. The van der Waals surface area contributed by atoms with Gasteiger partial charge in [0.25, 0.3) is 0 Å². The first kappa shape index (κ1) is 16.3. The molecule has 0 aliphatic rings. The molecule has 5 rings (SSSR count). The molecule has 7 nitrogen and oxygen atoms in total. The van der Waals surface area contributed by atoms with E-state index in [1.807, 2.05) is 55.5 Å². The zero-order valence-electron chi connectivity index (χ0n) is 15.2. The molecule has 5 aromatic rings. The topological polar surface area (TPSA) is 105 Å². The number of nitrogens with two attached hydrogens (primary N) is 1. The number of carbonyl (C=O) groups is 1. The van der Waals surface area contributed by atoms with Crippen LogP contribution in [-0.4, -0.2) is 30.5 Å². The fourth-order valence-corrected chi connectivity index (χ4v) is 3.43. The molecule has 7 heteroatoms. The van der Waals surface area contributed by atoms with E-state index in [2.05, 4.69) is 20.1 Å². The highest BCUT2D eigenvalue weighted by Gasteiger charge is 2.19. The van der Waals surface area contributed by atoms with Crippen LogP contribution < -0.4 is 5.73 Å². The van der Waals surface area contributed by atoms with Crippen molar-refractivity contribution in [3.63, 3.8) is 0 Å². The maximum Gasteiger partial charge on any atom is 0.214 e. The molecule has 0 saturated heterocycles. The number of aromatic amines is 2. The summed E-state index contributed by atoms with van der Waals surface area (Å²) in [6.45, 7) is 2.05. The third kappa shape index (κ3) is 2.48. The summed E-state index contributed by atoms with van der Waals surface area (Å²) < 4.78 is 1.57. The number of nitrogens with zero attached hydrogens (tertiary/aromatic N) is 3. The van der Waals surface area contributed by atoms with E-state index < -0.39 is 0 Å². The van der Waals surface area contributed by atoms with Crippen LogP contribution in [0.15, 0.2) is 54.7 Å². The monoisotopic (exact) mass is 370 g/mol. The number of nitrogen functional groups attached to an aromatic ring is 1. The summed E-state index contributed by atoms with van der Waals surface area (Å²) in [4.78, 5) is 23.9. The average Bonchev–Trinajstić information content (AvgIpc) is 3.42. The number of hydrogen-bond donors (Lipinski definition) is 3. The Morgan fingerprint density at radius 3 is 2.79 bits per heavy atom. The number of aromatic nitrogens is 5. The van der Waals surface area contributed by atoms with Crippen LogP contribution in [0.2, 0.25) is 0 Å². The van der Waals surface area contributed by atoms with E-state index in [1.54, 1.807) is 4.68 Å². The molecule has 0 spiro atoms. The molecule has 28 heavy (non-hydrogen) atoms. The number of carbonyl (C=O) groups excluding carboxylic acids is 1. The maximum absolute atomic E-state index is 13.0. The smallest absolute Gasteiger partial charge is 0.214 e. The number of hydrogen-bond acceptors (Lipinski definition) is 4. The van der Waals surface area contributed by atoms with Crippen molar-refractivity contribution in [1.82, 2.24) is 24.7 Å². The first-order chi connectivity index (χ1) is 13.6. The quantitative estimate of drug-likeness (QED) is 0.420. The van der Waals surface area contributed by atoms with Gasteiger partial charge in [0.1, 0.15) is 11.6 Å². The van der Waals surface area contributed by atoms with Crippen molar-refractivity contribution in [2.45, 2.75) is 13.3 Å². The van der Waals surface area contributed by atoms with Crippen LogP contribution in [0.5, 0.6) is 0 Å². The molecule has 0 unspecified atom stereocenters. The van der Waals surface area contributed by atoms with Gasteiger partial charge in [0.05, 0.1) is 34.2 Å². The van der Waals surface area contributed by atoms with Crippen molar-refractivity contribution in [3.8, 4) is 5.69 Å². The van der Waals surface area contributed by atoms with Gasteiger partial charge in [-0.15, -0.1) is 0 Å². The van der Waals surface area contributed by atoms with Crippen molar-refractivity contribution in [2.75, 3.05) is 5.73 Å². The molecule has 4 N–H and O–H groups in total. The largest absolute Gasteiger partial charge is 0.383 e. The molecule has 0 atom stereocenters. The molecule has 3 heterocycles. The van der Waals surface area contributed by atoms with Gasteiger partial charge in [-0.2, -0.15) is 5.10 Å². The van der Waals surface area contributed by atoms with Crippen molar-refractivity contribution < 1.29 is 4.79 Å². The highest BCUT2D eigenvalue weighted by Crippen LogP contribution is 2.24. The standard InChI is InChI=1S/C21H18N6O/c1-2-19-25-16-8-7-13(10-17(16)26-19)27-21(22)14(11-23-27)20(28)18-9-12-5-3-4-6-15(12)24-18/h3-11,24H,2,22H2,1H3,(H,25,26). The van der Waals surface area contributed by atoms with Crippen LogP contribution in [0.1, 0.15) is 28.8 Å². The molecular formula is C21H18N6O. The van der Waals surface area contributed by atoms with Crippen LogP contribution in [0.4, 0.5) is 5.82 Å². The lowest BCUT2D eigenvalue weighted by Crippen LogP contribution is -2.07. The van der Waals surface area contributed by atoms with Crippen molar-refractivity contribution in [2.24, 2.45) is 0 Å². The van der Waals surface area contributed by atoms with Gasteiger partial charge >= 0.3 is 0 Å². The van der Waals surface area contributed by atoms with Gasteiger partial charge in [0, 0.05) is 17.3 Å². The Kier molecular flexibility index (Phi) is 3.55. The lowest BCUT2D eigenvalue weighted by molar-refractivity contribution is 0.103. The van der Waals surface area contributed by atoms with Crippen LogP contribution in [0.3, 0.4) is 0 Å². The number of ketones is 1.